The first-order chi connectivity index (χ1) is 8.65. The van der Waals surface area contributed by atoms with Gasteiger partial charge in [-0.3, -0.25) is 0 Å². The van der Waals surface area contributed by atoms with Crippen molar-refractivity contribution in [2.24, 2.45) is 0 Å². The normalized spacial score (nSPS) is 12.6. The molecule has 0 aliphatic heterocycles. The highest BCUT2D eigenvalue weighted by Crippen LogP contribution is 2.22. The summed E-state index contributed by atoms with van der Waals surface area (Å²) in [5.74, 6) is 0.923. The molecule has 0 bridgehead atoms. The Morgan fingerprint density at radius 3 is 2.16 bits per heavy atom. The standard InChI is InChI=1S/C15H28N4/c1-8-15(5,6)19(7)13-10-9-12(17-18-13)11-16-14(2,3)4/h9-10,16H,8,11H2,1-7H3. The van der Waals surface area contributed by atoms with E-state index >= 15 is 0 Å². The molecule has 0 aromatic carbocycles. The van der Waals surface area contributed by atoms with E-state index in [0.717, 1.165) is 24.5 Å². The summed E-state index contributed by atoms with van der Waals surface area (Å²) in [5, 5.41) is 12.0. The zero-order valence-corrected chi connectivity index (χ0v) is 13.4. The van der Waals surface area contributed by atoms with E-state index in [4.69, 9.17) is 0 Å². The van der Waals surface area contributed by atoms with Crippen LogP contribution in [-0.2, 0) is 6.54 Å². The van der Waals surface area contributed by atoms with Gasteiger partial charge in [0.1, 0.15) is 0 Å². The van der Waals surface area contributed by atoms with Crippen LogP contribution in [0.2, 0.25) is 0 Å². The van der Waals surface area contributed by atoms with Crippen LogP contribution < -0.4 is 10.2 Å². The molecule has 0 amide bonds. The monoisotopic (exact) mass is 264 g/mol. The van der Waals surface area contributed by atoms with E-state index in [1.165, 1.54) is 0 Å². The van der Waals surface area contributed by atoms with E-state index in [0.29, 0.717) is 0 Å². The molecule has 0 saturated carbocycles. The molecule has 1 N–H and O–H groups in total. The van der Waals surface area contributed by atoms with Crippen molar-refractivity contribution in [2.45, 2.75) is 65.6 Å². The van der Waals surface area contributed by atoms with Gasteiger partial charge in [0.15, 0.2) is 5.82 Å². The van der Waals surface area contributed by atoms with Crippen LogP contribution in [0.5, 0.6) is 0 Å². The molecule has 0 aliphatic carbocycles. The molecule has 0 radical (unpaired) electrons. The van der Waals surface area contributed by atoms with Gasteiger partial charge in [0.25, 0.3) is 0 Å². The molecule has 1 aromatic heterocycles. The van der Waals surface area contributed by atoms with Crippen LogP contribution >= 0.6 is 0 Å². The van der Waals surface area contributed by atoms with Crippen LogP contribution in [0.1, 0.15) is 53.7 Å². The SMILES string of the molecule is CCC(C)(C)N(C)c1ccc(CNC(C)(C)C)nn1. The predicted octanol–water partition coefficient (Wildman–Crippen LogP) is 2.99. The number of aromatic nitrogens is 2. The van der Waals surface area contributed by atoms with Crippen molar-refractivity contribution in [1.29, 1.82) is 0 Å². The van der Waals surface area contributed by atoms with Crippen molar-refractivity contribution in [3.8, 4) is 0 Å². The van der Waals surface area contributed by atoms with Crippen LogP contribution in [0.3, 0.4) is 0 Å². The van der Waals surface area contributed by atoms with Gasteiger partial charge in [-0.25, -0.2) is 0 Å². The summed E-state index contributed by atoms with van der Waals surface area (Å²) in [4.78, 5) is 2.18. The maximum Gasteiger partial charge on any atom is 0.151 e. The molecule has 19 heavy (non-hydrogen) atoms. The second-order valence-corrected chi connectivity index (χ2v) is 6.71. The first kappa shape index (κ1) is 15.9. The molecule has 0 aliphatic rings. The lowest BCUT2D eigenvalue weighted by Crippen LogP contribution is -2.41. The summed E-state index contributed by atoms with van der Waals surface area (Å²) < 4.78 is 0. The van der Waals surface area contributed by atoms with Crippen molar-refractivity contribution in [2.75, 3.05) is 11.9 Å². The van der Waals surface area contributed by atoms with Gasteiger partial charge in [-0.2, -0.15) is 5.10 Å². The minimum Gasteiger partial charge on any atom is -0.353 e. The van der Waals surface area contributed by atoms with Gasteiger partial charge in [-0.1, -0.05) is 6.92 Å². The van der Waals surface area contributed by atoms with Gasteiger partial charge >= 0.3 is 0 Å². The number of nitrogens with zero attached hydrogens (tertiary/aromatic N) is 3. The van der Waals surface area contributed by atoms with E-state index in [-0.39, 0.29) is 11.1 Å². The topological polar surface area (TPSA) is 41.0 Å². The maximum absolute atomic E-state index is 4.33. The van der Waals surface area contributed by atoms with Crippen molar-refractivity contribution in [3.05, 3.63) is 17.8 Å². The Labute approximate surface area is 117 Å². The fraction of sp³-hybridized carbons (Fsp3) is 0.733. The fourth-order valence-electron chi connectivity index (χ4n) is 1.53. The summed E-state index contributed by atoms with van der Waals surface area (Å²) in [7, 11) is 2.07. The molecule has 4 nitrogen and oxygen atoms in total. The molecule has 4 heteroatoms. The molecule has 108 valence electrons. The molecule has 0 fully saturated rings. The largest absolute Gasteiger partial charge is 0.353 e. The molecule has 0 spiro atoms. The molecule has 0 unspecified atom stereocenters. The lowest BCUT2D eigenvalue weighted by molar-refractivity contribution is 0.419. The van der Waals surface area contributed by atoms with Crippen LogP contribution in [0.25, 0.3) is 0 Å². The van der Waals surface area contributed by atoms with Crippen LogP contribution in [-0.4, -0.2) is 28.3 Å². The van der Waals surface area contributed by atoms with Crippen LogP contribution in [0.4, 0.5) is 5.82 Å². The average molecular weight is 264 g/mol. The maximum atomic E-state index is 4.33. The fourth-order valence-corrected chi connectivity index (χ4v) is 1.53. The third kappa shape index (κ3) is 4.78. The third-order valence-electron chi connectivity index (χ3n) is 3.62. The predicted molar refractivity (Wildman–Crippen MR) is 81.4 cm³/mol. The second kappa shape index (κ2) is 5.87. The van der Waals surface area contributed by atoms with Gasteiger partial charge in [-0.05, 0) is 53.2 Å². The van der Waals surface area contributed by atoms with Gasteiger partial charge in [-0.15, -0.1) is 5.10 Å². The number of anilines is 1. The van der Waals surface area contributed by atoms with Crippen molar-refractivity contribution >= 4 is 5.82 Å². The lowest BCUT2D eigenvalue weighted by Gasteiger charge is -2.35. The Bertz CT molecular complexity index is 390. The number of rotatable bonds is 5. The Kier molecular flexibility index (Phi) is 4.91. The second-order valence-electron chi connectivity index (χ2n) is 6.71. The van der Waals surface area contributed by atoms with Crippen LogP contribution in [0.15, 0.2) is 12.1 Å². The Hall–Kier alpha value is -1.16. The quantitative estimate of drug-likeness (QED) is 0.887. The van der Waals surface area contributed by atoms with Crippen molar-refractivity contribution in [1.82, 2.24) is 15.5 Å². The summed E-state index contributed by atoms with van der Waals surface area (Å²) in [6, 6.07) is 4.09. The van der Waals surface area contributed by atoms with E-state index in [2.05, 4.69) is 69.0 Å². The van der Waals surface area contributed by atoms with Gasteiger partial charge in [0, 0.05) is 24.7 Å². The smallest absolute Gasteiger partial charge is 0.151 e. The summed E-state index contributed by atoms with van der Waals surface area (Å²) >= 11 is 0. The highest BCUT2D eigenvalue weighted by Gasteiger charge is 2.22. The molecule has 0 saturated heterocycles. The number of hydrogen-bond donors (Lipinski definition) is 1. The van der Waals surface area contributed by atoms with E-state index in [1.807, 2.05) is 12.1 Å². The molecule has 0 atom stereocenters. The Morgan fingerprint density at radius 2 is 1.74 bits per heavy atom. The first-order valence-corrected chi connectivity index (χ1v) is 6.97. The Morgan fingerprint density at radius 1 is 1.11 bits per heavy atom. The Balaban J connectivity index is 2.71. The van der Waals surface area contributed by atoms with Crippen LogP contribution in [0, 0.1) is 0 Å². The first-order valence-electron chi connectivity index (χ1n) is 6.97. The van der Waals surface area contributed by atoms with Crippen molar-refractivity contribution < 1.29 is 0 Å². The average Bonchev–Trinajstić information content (AvgIpc) is 2.35. The zero-order chi connectivity index (χ0) is 14.7. The van der Waals surface area contributed by atoms with Crippen molar-refractivity contribution in [3.63, 3.8) is 0 Å². The zero-order valence-electron chi connectivity index (χ0n) is 13.4. The van der Waals surface area contributed by atoms with Gasteiger partial charge < -0.3 is 10.2 Å². The minimum atomic E-state index is 0.0971. The highest BCUT2D eigenvalue weighted by molar-refractivity contribution is 5.39. The molecule has 1 heterocycles. The summed E-state index contributed by atoms with van der Waals surface area (Å²) in [6.45, 7) is 13.8. The highest BCUT2D eigenvalue weighted by atomic mass is 15.3. The van der Waals surface area contributed by atoms with E-state index in [1.54, 1.807) is 0 Å². The summed E-state index contributed by atoms with van der Waals surface area (Å²) in [5.41, 5.74) is 1.17. The summed E-state index contributed by atoms with van der Waals surface area (Å²) in [6.07, 6.45) is 1.07. The number of hydrogen-bond acceptors (Lipinski definition) is 4. The molecule has 1 aromatic rings. The van der Waals surface area contributed by atoms with Gasteiger partial charge in [0.05, 0.1) is 5.69 Å². The number of nitrogens with one attached hydrogen (secondary N) is 1. The minimum absolute atomic E-state index is 0.0971. The molecular formula is C15H28N4. The lowest BCUT2D eigenvalue weighted by atomic mass is 10.0. The molecular weight excluding hydrogens is 236 g/mol. The third-order valence-corrected chi connectivity index (χ3v) is 3.62. The van der Waals surface area contributed by atoms with E-state index < -0.39 is 0 Å². The van der Waals surface area contributed by atoms with Gasteiger partial charge in [0.2, 0.25) is 0 Å². The molecule has 1 rings (SSSR count). The van der Waals surface area contributed by atoms with E-state index in [9.17, 15) is 0 Å².